The van der Waals surface area contributed by atoms with Crippen molar-refractivity contribution in [1.82, 2.24) is 14.8 Å². The number of pyridine rings is 1. The maximum atomic E-state index is 13.8. The molecule has 0 atom stereocenters. The minimum Gasteiger partial charge on any atom is -0.467 e. The summed E-state index contributed by atoms with van der Waals surface area (Å²) in [6.45, 7) is 2.77. The molecular formula is C23H18F4N4O2. The molecule has 0 unspecified atom stereocenters. The van der Waals surface area contributed by atoms with Crippen LogP contribution in [0.1, 0.15) is 16.8 Å². The van der Waals surface area contributed by atoms with Gasteiger partial charge in [-0.1, -0.05) is 17.7 Å². The highest BCUT2D eigenvalue weighted by Gasteiger charge is 2.36. The van der Waals surface area contributed by atoms with Crippen LogP contribution < -0.4 is 10.1 Å². The zero-order valence-electron chi connectivity index (χ0n) is 17.6. The number of hydrogen-bond acceptors (Lipinski definition) is 4. The molecule has 0 radical (unpaired) electrons. The number of rotatable bonds is 5. The molecule has 170 valence electrons. The maximum absolute atomic E-state index is 13.8. The van der Waals surface area contributed by atoms with Gasteiger partial charge in [-0.05, 0) is 50.2 Å². The Kier molecular flexibility index (Phi) is 5.75. The Bertz CT molecular complexity index is 1310. The van der Waals surface area contributed by atoms with Crippen molar-refractivity contribution in [3.8, 4) is 11.6 Å². The van der Waals surface area contributed by atoms with Gasteiger partial charge in [0.25, 0.3) is 5.91 Å². The zero-order chi connectivity index (χ0) is 23.8. The average Bonchev–Trinajstić information content (AvgIpc) is 3.09. The van der Waals surface area contributed by atoms with Gasteiger partial charge in [0.15, 0.2) is 12.3 Å². The van der Waals surface area contributed by atoms with Crippen molar-refractivity contribution >= 4 is 22.6 Å². The number of anilines is 1. The Balaban J connectivity index is 1.68. The monoisotopic (exact) mass is 458 g/mol. The molecule has 0 aliphatic heterocycles. The molecule has 6 nitrogen and oxygen atoms in total. The normalized spacial score (nSPS) is 11.6. The molecule has 2 aromatic carbocycles. The van der Waals surface area contributed by atoms with Crippen LogP contribution >= 0.6 is 0 Å². The summed E-state index contributed by atoms with van der Waals surface area (Å²) in [5.74, 6) is -1.49. The van der Waals surface area contributed by atoms with Gasteiger partial charge in [0, 0.05) is 11.8 Å². The molecule has 0 spiro atoms. The molecule has 4 aromatic rings. The lowest BCUT2D eigenvalue weighted by Gasteiger charge is -2.12. The first-order chi connectivity index (χ1) is 15.6. The van der Waals surface area contributed by atoms with Gasteiger partial charge < -0.3 is 10.1 Å². The maximum Gasteiger partial charge on any atom is 0.417 e. The molecule has 33 heavy (non-hydrogen) atoms. The van der Waals surface area contributed by atoms with Gasteiger partial charge in [-0.15, -0.1) is 0 Å². The number of alkyl halides is 3. The van der Waals surface area contributed by atoms with E-state index in [-0.39, 0.29) is 22.6 Å². The zero-order valence-corrected chi connectivity index (χ0v) is 17.6. The molecule has 0 aliphatic carbocycles. The van der Waals surface area contributed by atoms with E-state index in [1.165, 1.54) is 23.7 Å². The van der Waals surface area contributed by atoms with Gasteiger partial charge in [0.05, 0.1) is 22.3 Å². The predicted molar refractivity (Wildman–Crippen MR) is 114 cm³/mol. The van der Waals surface area contributed by atoms with E-state index in [0.717, 1.165) is 23.8 Å². The number of halogens is 4. The van der Waals surface area contributed by atoms with Crippen LogP contribution in [0, 0.1) is 19.7 Å². The minimum atomic E-state index is -4.69. The van der Waals surface area contributed by atoms with Crippen molar-refractivity contribution in [2.45, 2.75) is 20.0 Å². The fourth-order valence-corrected chi connectivity index (χ4v) is 3.30. The summed E-state index contributed by atoms with van der Waals surface area (Å²) < 4.78 is 61.1. The lowest BCUT2D eigenvalue weighted by molar-refractivity contribution is -0.136. The number of amides is 1. The highest BCUT2D eigenvalue weighted by molar-refractivity contribution is 5.92. The summed E-state index contributed by atoms with van der Waals surface area (Å²) in [5.41, 5.74) is 0.985. The molecular weight excluding hydrogens is 440 g/mol. The Hall–Kier alpha value is -3.95. The number of hydrogen-bond donors (Lipinski definition) is 1. The summed E-state index contributed by atoms with van der Waals surface area (Å²) in [6, 6.07) is 12.8. The number of nitrogens with one attached hydrogen (secondary N) is 1. The van der Waals surface area contributed by atoms with E-state index in [4.69, 9.17) is 4.74 Å². The van der Waals surface area contributed by atoms with Crippen molar-refractivity contribution in [3.05, 3.63) is 77.2 Å². The first kappa shape index (κ1) is 22.3. The SMILES string of the molecule is Cc1ccc(-n2nc(C)c3c(C(F)(F)F)cc(OCC(=O)Nc4ccc(F)cc4)nc32)cc1. The highest BCUT2D eigenvalue weighted by atomic mass is 19.4. The van der Waals surface area contributed by atoms with E-state index in [1.807, 2.05) is 19.1 Å². The second kappa shape index (κ2) is 8.53. The van der Waals surface area contributed by atoms with E-state index in [1.54, 1.807) is 12.1 Å². The summed E-state index contributed by atoms with van der Waals surface area (Å²) in [7, 11) is 0. The van der Waals surface area contributed by atoms with E-state index in [2.05, 4.69) is 15.4 Å². The van der Waals surface area contributed by atoms with Crippen molar-refractivity contribution in [1.29, 1.82) is 0 Å². The Labute approximate surface area is 185 Å². The highest BCUT2D eigenvalue weighted by Crippen LogP contribution is 2.38. The molecule has 1 N–H and O–H groups in total. The molecule has 2 heterocycles. The molecule has 0 saturated heterocycles. The number of nitrogens with zero attached hydrogens (tertiary/aromatic N) is 3. The molecule has 10 heteroatoms. The van der Waals surface area contributed by atoms with E-state index < -0.39 is 30.1 Å². The van der Waals surface area contributed by atoms with Crippen LogP contribution in [0.5, 0.6) is 5.88 Å². The number of aromatic nitrogens is 3. The fourth-order valence-electron chi connectivity index (χ4n) is 3.30. The second-order valence-corrected chi connectivity index (χ2v) is 7.38. The number of carbonyl (C=O) groups is 1. The van der Waals surface area contributed by atoms with Crippen LogP contribution in [0.4, 0.5) is 23.2 Å². The number of fused-ring (bicyclic) bond motifs is 1. The van der Waals surface area contributed by atoms with Gasteiger partial charge in [0.1, 0.15) is 5.82 Å². The third-order valence-corrected chi connectivity index (χ3v) is 4.85. The van der Waals surface area contributed by atoms with Crippen LogP contribution in [0.3, 0.4) is 0 Å². The largest absolute Gasteiger partial charge is 0.467 e. The van der Waals surface area contributed by atoms with Gasteiger partial charge >= 0.3 is 6.18 Å². The first-order valence-corrected chi connectivity index (χ1v) is 9.84. The molecule has 0 fully saturated rings. The van der Waals surface area contributed by atoms with Gasteiger partial charge in [-0.3, -0.25) is 4.79 Å². The fraction of sp³-hybridized carbons (Fsp3) is 0.174. The average molecular weight is 458 g/mol. The number of benzene rings is 2. The minimum absolute atomic E-state index is 0.0416. The molecule has 4 rings (SSSR count). The molecule has 0 bridgehead atoms. The number of ether oxygens (including phenoxy) is 1. The van der Waals surface area contributed by atoms with Crippen LogP contribution in [0.25, 0.3) is 16.7 Å². The van der Waals surface area contributed by atoms with Gasteiger partial charge in [-0.25, -0.2) is 9.07 Å². The number of carbonyl (C=O) groups excluding carboxylic acids is 1. The number of aryl methyl sites for hydroxylation is 2. The summed E-state index contributed by atoms with van der Waals surface area (Å²) in [6.07, 6.45) is -4.69. The van der Waals surface area contributed by atoms with Crippen molar-refractivity contribution < 1.29 is 27.1 Å². The molecule has 0 aliphatic rings. The van der Waals surface area contributed by atoms with Crippen molar-refractivity contribution in [2.24, 2.45) is 0 Å². The molecule has 2 aromatic heterocycles. The van der Waals surface area contributed by atoms with Crippen molar-refractivity contribution in [3.63, 3.8) is 0 Å². The van der Waals surface area contributed by atoms with Crippen LogP contribution in [-0.4, -0.2) is 27.3 Å². The summed E-state index contributed by atoms with van der Waals surface area (Å²) >= 11 is 0. The Morgan fingerprint density at radius 3 is 2.36 bits per heavy atom. The van der Waals surface area contributed by atoms with Gasteiger partial charge in [-0.2, -0.15) is 23.3 Å². The molecule has 0 saturated carbocycles. The lowest BCUT2D eigenvalue weighted by Crippen LogP contribution is -2.20. The summed E-state index contributed by atoms with van der Waals surface area (Å²) in [5, 5.41) is 6.57. The van der Waals surface area contributed by atoms with Crippen LogP contribution in [0.15, 0.2) is 54.6 Å². The summed E-state index contributed by atoms with van der Waals surface area (Å²) in [4.78, 5) is 16.4. The third kappa shape index (κ3) is 4.79. The van der Waals surface area contributed by atoms with E-state index >= 15 is 0 Å². The van der Waals surface area contributed by atoms with Crippen LogP contribution in [0.2, 0.25) is 0 Å². The quantitative estimate of drug-likeness (QED) is 0.417. The third-order valence-electron chi connectivity index (χ3n) is 4.85. The first-order valence-electron chi connectivity index (χ1n) is 9.84. The topological polar surface area (TPSA) is 69.0 Å². The van der Waals surface area contributed by atoms with Crippen molar-refractivity contribution in [2.75, 3.05) is 11.9 Å². The van der Waals surface area contributed by atoms with E-state index in [9.17, 15) is 22.4 Å². The van der Waals surface area contributed by atoms with Crippen LogP contribution in [-0.2, 0) is 11.0 Å². The van der Waals surface area contributed by atoms with Gasteiger partial charge in [0.2, 0.25) is 5.88 Å². The smallest absolute Gasteiger partial charge is 0.417 e. The standard InChI is InChI=1S/C23H18F4N4O2/c1-13-3-9-17(10-4-13)31-22-21(14(2)30-31)18(23(25,26)27)11-20(29-22)33-12-19(32)28-16-7-5-15(24)6-8-16/h3-11H,12H2,1-2H3,(H,28,32). The second-order valence-electron chi connectivity index (χ2n) is 7.38. The lowest BCUT2D eigenvalue weighted by atomic mass is 10.1. The molecule has 1 amide bonds. The Morgan fingerprint density at radius 2 is 1.73 bits per heavy atom. The Morgan fingerprint density at radius 1 is 1.06 bits per heavy atom. The van der Waals surface area contributed by atoms with E-state index in [0.29, 0.717) is 11.4 Å². The predicted octanol–water partition coefficient (Wildman–Crippen LogP) is 5.21.